The highest BCUT2D eigenvalue weighted by molar-refractivity contribution is 7.98. The third-order valence-corrected chi connectivity index (χ3v) is 6.42. The molecule has 158 valence electrons. The SMILES string of the molecule is C[C@H](c1nnc(SCc2cccc(F)c2F)n1-c1ccc(F)cc1)N1CCCCC1. The van der Waals surface area contributed by atoms with Crippen molar-refractivity contribution in [2.45, 2.75) is 43.1 Å². The third-order valence-electron chi connectivity index (χ3n) is 5.44. The van der Waals surface area contributed by atoms with E-state index >= 15 is 0 Å². The number of rotatable bonds is 6. The van der Waals surface area contributed by atoms with E-state index in [9.17, 15) is 13.2 Å². The summed E-state index contributed by atoms with van der Waals surface area (Å²) in [7, 11) is 0. The van der Waals surface area contributed by atoms with Crippen LogP contribution < -0.4 is 0 Å². The average molecular weight is 433 g/mol. The lowest BCUT2D eigenvalue weighted by Crippen LogP contribution is -2.33. The summed E-state index contributed by atoms with van der Waals surface area (Å²) in [6.07, 6.45) is 3.53. The van der Waals surface area contributed by atoms with Crippen molar-refractivity contribution in [3.05, 3.63) is 71.3 Å². The van der Waals surface area contributed by atoms with Gasteiger partial charge in [-0.3, -0.25) is 9.47 Å². The van der Waals surface area contributed by atoms with Gasteiger partial charge in [0.15, 0.2) is 22.6 Å². The van der Waals surface area contributed by atoms with Crippen molar-refractivity contribution in [3.8, 4) is 5.69 Å². The maximum Gasteiger partial charge on any atom is 0.196 e. The molecule has 0 spiro atoms. The van der Waals surface area contributed by atoms with Crippen molar-refractivity contribution in [2.24, 2.45) is 0 Å². The lowest BCUT2D eigenvalue weighted by Gasteiger charge is -2.31. The van der Waals surface area contributed by atoms with Crippen LogP contribution in [-0.4, -0.2) is 32.8 Å². The second kappa shape index (κ2) is 9.22. The van der Waals surface area contributed by atoms with E-state index < -0.39 is 11.6 Å². The largest absolute Gasteiger partial charge is 0.294 e. The van der Waals surface area contributed by atoms with Gasteiger partial charge >= 0.3 is 0 Å². The van der Waals surface area contributed by atoms with E-state index in [1.807, 2.05) is 4.57 Å². The number of likely N-dealkylation sites (tertiary alicyclic amines) is 1. The first kappa shape index (κ1) is 20.9. The number of hydrogen-bond acceptors (Lipinski definition) is 4. The smallest absolute Gasteiger partial charge is 0.196 e. The minimum Gasteiger partial charge on any atom is -0.294 e. The number of halogens is 3. The molecule has 1 aromatic heterocycles. The Kier molecular flexibility index (Phi) is 6.43. The molecule has 1 aliphatic heterocycles. The molecule has 0 bridgehead atoms. The normalized spacial score (nSPS) is 16.0. The Morgan fingerprint density at radius 1 is 0.967 bits per heavy atom. The molecule has 3 aromatic rings. The van der Waals surface area contributed by atoms with Crippen molar-refractivity contribution >= 4 is 11.8 Å². The number of nitrogens with zero attached hydrogens (tertiary/aromatic N) is 4. The van der Waals surface area contributed by atoms with Crippen LogP contribution in [0.2, 0.25) is 0 Å². The lowest BCUT2D eigenvalue weighted by molar-refractivity contribution is 0.167. The van der Waals surface area contributed by atoms with E-state index in [-0.39, 0.29) is 23.2 Å². The molecule has 30 heavy (non-hydrogen) atoms. The van der Waals surface area contributed by atoms with Crippen LogP contribution in [-0.2, 0) is 5.75 Å². The molecule has 1 fully saturated rings. The number of piperidine rings is 1. The summed E-state index contributed by atoms with van der Waals surface area (Å²) in [5.74, 6) is -1.08. The van der Waals surface area contributed by atoms with Crippen LogP contribution in [0.5, 0.6) is 0 Å². The lowest BCUT2D eigenvalue weighted by atomic mass is 10.1. The first-order valence-corrected chi connectivity index (χ1v) is 11.0. The Hall–Kier alpha value is -2.32. The van der Waals surface area contributed by atoms with Crippen LogP contribution in [0.25, 0.3) is 5.69 Å². The van der Waals surface area contributed by atoms with Gasteiger partial charge in [0, 0.05) is 17.0 Å². The van der Waals surface area contributed by atoms with Gasteiger partial charge in [-0.2, -0.15) is 0 Å². The molecule has 2 heterocycles. The van der Waals surface area contributed by atoms with Gasteiger partial charge in [-0.05, 0) is 63.2 Å². The van der Waals surface area contributed by atoms with Gasteiger partial charge < -0.3 is 0 Å². The second-order valence-corrected chi connectivity index (χ2v) is 8.37. The van der Waals surface area contributed by atoms with E-state index in [1.54, 1.807) is 18.2 Å². The van der Waals surface area contributed by atoms with E-state index in [1.165, 1.54) is 36.4 Å². The highest BCUT2D eigenvalue weighted by Crippen LogP contribution is 2.31. The molecule has 1 saturated heterocycles. The minimum atomic E-state index is -0.868. The summed E-state index contributed by atoms with van der Waals surface area (Å²) in [6.45, 7) is 4.08. The predicted octanol–water partition coefficient (Wildman–Crippen LogP) is 5.52. The zero-order valence-corrected chi connectivity index (χ0v) is 17.5. The van der Waals surface area contributed by atoms with Crippen LogP contribution >= 0.6 is 11.8 Å². The molecule has 4 rings (SSSR count). The quantitative estimate of drug-likeness (QED) is 0.480. The van der Waals surface area contributed by atoms with Crippen LogP contribution in [0, 0.1) is 17.5 Å². The highest BCUT2D eigenvalue weighted by atomic mass is 32.2. The summed E-state index contributed by atoms with van der Waals surface area (Å²) in [5.41, 5.74) is 1.00. The van der Waals surface area contributed by atoms with Crippen molar-refractivity contribution in [3.63, 3.8) is 0 Å². The molecule has 1 aliphatic rings. The van der Waals surface area contributed by atoms with Crippen molar-refractivity contribution in [1.29, 1.82) is 0 Å². The van der Waals surface area contributed by atoms with Crippen LogP contribution in [0.4, 0.5) is 13.2 Å². The van der Waals surface area contributed by atoms with Gasteiger partial charge in [0.25, 0.3) is 0 Å². The molecule has 0 N–H and O–H groups in total. The minimum absolute atomic E-state index is 0.0307. The van der Waals surface area contributed by atoms with Gasteiger partial charge in [-0.15, -0.1) is 10.2 Å². The number of benzene rings is 2. The van der Waals surface area contributed by atoms with Gasteiger partial charge in [0.2, 0.25) is 0 Å². The van der Waals surface area contributed by atoms with Crippen molar-refractivity contribution in [1.82, 2.24) is 19.7 Å². The summed E-state index contributed by atoms with van der Waals surface area (Å²) in [4.78, 5) is 2.37. The maximum absolute atomic E-state index is 14.1. The number of thioether (sulfide) groups is 1. The molecule has 4 nitrogen and oxygen atoms in total. The zero-order valence-electron chi connectivity index (χ0n) is 16.7. The summed E-state index contributed by atoms with van der Waals surface area (Å²) >= 11 is 1.28. The molecule has 0 aliphatic carbocycles. The Morgan fingerprint density at radius 3 is 2.43 bits per heavy atom. The zero-order chi connectivity index (χ0) is 21.1. The summed E-state index contributed by atoms with van der Waals surface area (Å²) in [5, 5.41) is 9.33. The van der Waals surface area contributed by atoms with E-state index in [0.717, 1.165) is 43.5 Å². The topological polar surface area (TPSA) is 34.0 Å². The molecule has 0 amide bonds. The Labute approximate surface area is 178 Å². The first-order chi connectivity index (χ1) is 14.5. The van der Waals surface area contributed by atoms with Gasteiger partial charge in [-0.25, -0.2) is 13.2 Å². The molecular weight excluding hydrogens is 409 g/mol. The Balaban J connectivity index is 1.66. The number of hydrogen-bond donors (Lipinski definition) is 0. The Morgan fingerprint density at radius 2 is 1.70 bits per heavy atom. The monoisotopic (exact) mass is 432 g/mol. The fraction of sp³-hybridized carbons (Fsp3) is 0.364. The van der Waals surface area contributed by atoms with E-state index in [4.69, 9.17) is 0 Å². The van der Waals surface area contributed by atoms with Gasteiger partial charge in [0.05, 0.1) is 6.04 Å². The second-order valence-electron chi connectivity index (χ2n) is 7.43. The molecule has 2 aromatic carbocycles. The van der Waals surface area contributed by atoms with Crippen molar-refractivity contribution < 1.29 is 13.2 Å². The molecule has 8 heteroatoms. The van der Waals surface area contributed by atoms with E-state index in [2.05, 4.69) is 22.0 Å². The Bertz CT molecular complexity index is 1000. The highest BCUT2D eigenvalue weighted by Gasteiger charge is 2.25. The molecular formula is C22H23F3N4S. The number of aromatic nitrogens is 3. The maximum atomic E-state index is 14.1. The first-order valence-electron chi connectivity index (χ1n) is 10.1. The molecule has 0 radical (unpaired) electrons. The molecule has 1 atom stereocenters. The molecule has 0 saturated carbocycles. The fourth-order valence-electron chi connectivity index (χ4n) is 3.75. The van der Waals surface area contributed by atoms with Crippen molar-refractivity contribution in [2.75, 3.05) is 13.1 Å². The standard InChI is InChI=1S/C22H23F3N4S/c1-15(28-12-3-2-4-13-28)21-26-27-22(29(21)18-10-8-17(23)9-11-18)30-14-16-6-5-7-19(24)20(16)25/h5-11,15H,2-4,12-14H2,1H3/t15-/m1/s1. The molecule has 0 unspecified atom stereocenters. The van der Waals surface area contributed by atoms with Crippen LogP contribution in [0.1, 0.15) is 43.6 Å². The summed E-state index contributed by atoms with van der Waals surface area (Å²) in [6, 6.07) is 10.3. The summed E-state index contributed by atoms with van der Waals surface area (Å²) < 4.78 is 43.0. The fourth-order valence-corrected chi connectivity index (χ4v) is 4.68. The van der Waals surface area contributed by atoms with Crippen LogP contribution in [0.15, 0.2) is 47.6 Å². The average Bonchev–Trinajstić information content (AvgIpc) is 3.19. The van der Waals surface area contributed by atoms with Gasteiger partial charge in [-0.1, -0.05) is 30.3 Å². The van der Waals surface area contributed by atoms with E-state index in [0.29, 0.717) is 5.16 Å². The third kappa shape index (κ3) is 4.39. The van der Waals surface area contributed by atoms with Gasteiger partial charge in [0.1, 0.15) is 5.82 Å². The predicted molar refractivity (Wildman–Crippen MR) is 111 cm³/mol. The van der Waals surface area contributed by atoms with Crippen LogP contribution in [0.3, 0.4) is 0 Å².